The first-order chi connectivity index (χ1) is 7.66. The van der Waals surface area contributed by atoms with Crippen molar-refractivity contribution in [3.8, 4) is 0 Å². The monoisotopic (exact) mass is 300 g/mol. The molecule has 0 bridgehead atoms. The van der Waals surface area contributed by atoms with Gasteiger partial charge in [0.2, 0.25) is 5.91 Å². The second-order valence-electron chi connectivity index (χ2n) is 3.75. The van der Waals surface area contributed by atoms with E-state index in [0.29, 0.717) is 6.54 Å². The van der Waals surface area contributed by atoms with Crippen molar-refractivity contribution in [2.45, 2.75) is 13.5 Å². The lowest BCUT2D eigenvalue weighted by Crippen LogP contribution is -2.37. The Kier molecular flexibility index (Phi) is 3.78. The van der Waals surface area contributed by atoms with Crippen molar-refractivity contribution in [2.24, 2.45) is 0 Å². The largest absolute Gasteiger partial charge is 0.347 e. The van der Waals surface area contributed by atoms with E-state index in [1.807, 2.05) is 18.4 Å². The van der Waals surface area contributed by atoms with Crippen LogP contribution in [0.5, 0.6) is 0 Å². The highest BCUT2D eigenvalue weighted by Gasteiger charge is 2.15. The molecule has 1 fully saturated rings. The maximum absolute atomic E-state index is 11.8. The van der Waals surface area contributed by atoms with E-state index in [-0.39, 0.29) is 5.91 Å². The molecule has 0 spiro atoms. The van der Waals surface area contributed by atoms with Crippen LogP contribution in [0.1, 0.15) is 11.8 Å². The number of hydrogen-bond donors (Lipinski definition) is 2. The highest BCUT2D eigenvalue weighted by molar-refractivity contribution is 9.10. The third-order valence-corrected chi connectivity index (χ3v) is 4.29. The van der Waals surface area contributed by atoms with E-state index < -0.39 is 0 Å². The molecule has 0 atom stereocenters. The van der Waals surface area contributed by atoms with Gasteiger partial charge in [0, 0.05) is 33.4 Å². The lowest BCUT2D eigenvalue weighted by molar-refractivity contribution is -0.117. The molecule has 86 valence electrons. The molecule has 0 radical (unpaired) electrons. The number of halogens is 1. The van der Waals surface area contributed by atoms with E-state index in [1.165, 1.54) is 5.57 Å². The van der Waals surface area contributed by atoms with Gasteiger partial charge in [0.1, 0.15) is 0 Å². The van der Waals surface area contributed by atoms with Crippen LogP contribution in [-0.4, -0.2) is 19.0 Å². The van der Waals surface area contributed by atoms with Gasteiger partial charge in [-0.1, -0.05) is 0 Å². The molecule has 3 nitrogen and oxygen atoms in total. The van der Waals surface area contributed by atoms with Crippen LogP contribution in [0.15, 0.2) is 27.1 Å². The van der Waals surface area contributed by atoms with Crippen molar-refractivity contribution in [1.29, 1.82) is 0 Å². The molecule has 1 aliphatic rings. The van der Waals surface area contributed by atoms with Gasteiger partial charge in [-0.05, 0) is 34.5 Å². The fourth-order valence-electron chi connectivity index (χ4n) is 1.42. The SMILES string of the molecule is CC(C(=O)NCc1cc(Br)cs1)=C1CNC1. The summed E-state index contributed by atoms with van der Waals surface area (Å²) >= 11 is 5.03. The number of carbonyl (C=O) groups excluding carboxylic acids is 1. The molecule has 1 aromatic heterocycles. The Bertz CT molecular complexity index is 433. The van der Waals surface area contributed by atoms with Crippen LogP contribution >= 0.6 is 27.3 Å². The zero-order chi connectivity index (χ0) is 11.5. The molecule has 2 N–H and O–H groups in total. The van der Waals surface area contributed by atoms with Gasteiger partial charge in [0.25, 0.3) is 0 Å². The Hall–Kier alpha value is -0.650. The molecule has 1 aliphatic heterocycles. The van der Waals surface area contributed by atoms with Crippen molar-refractivity contribution in [3.05, 3.63) is 31.9 Å². The molecule has 0 saturated carbocycles. The third kappa shape index (κ3) is 2.72. The standard InChI is InChI=1S/C11H13BrN2OS/c1-7(8-3-13-4-8)11(15)14-5-10-2-9(12)6-16-10/h2,6,13H,3-5H2,1H3,(H,14,15). The predicted molar refractivity (Wildman–Crippen MR) is 69.4 cm³/mol. The molecular weight excluding hydrogens is 288 g/mol. The zero-order valence-corrected chi connectivity index (χ0v) is 11.4. The van der Waals surface area contributed by atoms with Crippen molar-refractivity contribution < 1.29 is 4.79 Å². The average molecular weight is 301 g/mol. The Balaban J connectivity index is 1.88. The first-order valence-corrected chi connectivity index (χ1v) is 6.74. The maximum Gasteiger partial charge on any atom is 0.247 e. The van der Waals surface area contributed by atoms with Crippen LogP contribution < -0.4 is 10.6 Å². The summed E-state index contributed by atoms with van der Waals surface area (Å²) in [5.41, 5.74) is 2.07. The summed E-state index contributed by atoms with van der Waals surface area (Å²) in [6, 6.07) is 2.03. The molecule has 1 aromatic rings. The summed E-state index contributed by atoms with van der Waals surface area (Å²) in [6.45, 7) is 4.19. The van der Waals surface area contributed by atoms with Gasteiger partial charge in [-0.15, -0.1) is 11.3 Å². The first-order valence-electron chi connectivity index (χ1n) is 5.07. The smallest absolute Gasteiger partial charge is 0.247 e. The van der Waals surface area contributed by atoms with Crippen LogP contribution in [0.2, 0.25) is 0 Å². The van der Waals surface area contributed by atoms with Gasteiger partial charge in [-0.2, -0.15) is 0 Å². The summed E-state index contributed by atoms with van der Waals surface area (Å²) in [5.74, 6) is 0.0426. The number of nitrogens with one attached hydrogen (secondary N) is 2. The van der Waals surface area contributed by atoms with Gasteiger partial charge in [-0.3, -0.25) is 4.79 Å². The Morgan fingerprint density at radius 2 is 2.38 bits per heavy atom. The second-order valence-corrected chi connectivity index (χ2v) is 5.66. The number of carbonyl (C=O) groups is 1. The van der Waals surface area contributed by atoms with Crippen molar-refractivity contribution in [3.63, 3.8) is 0 Å². The van der Waals surface area contributed by atoms with Gasteiger partial charge >= 0.3 is 0 Å². The van der Waals surface area contributed by atoms with Crippen LogP contribution in [0, 0.1) is 0 Å². The second kappa shape index (κ2) is 5.12. The maximum atomic E-state index is 11.8. The van der Waals surface area contributed by atoms with E-state index in [9.17, 15) is 4.79 Å². The molecule has 0 aromatic carbocycles. The van der Waals surface area contributed by atoms with Gasteiger partial charge in [0.05, 0.1) is 6.54 Å². The summed E-state index contributed by atoms with van der Waals surface area (Å²) in [4.78, 5) is 12.9. The summed E-state index contributed by atoms with van der Waals surface area (Å²) in [6.07, 6.45) is 0. The minimum atomic E-state index is 0.0426. The van der Waals surface area contributed by atoms with E-state index in [1.54, 1.807) is 11.3 Å². The van der Waals surface area contributed by atoms with Crippen LogP contribution in [0.3, 0.4) is 0 Å². The average Bonchev–Trinajstić information content (AvgIpc) is 2.58. The van der Waals surface area contributed by atoms with Crippen LogP contribution in [0.25, 0.3) is 0 Å². The fourth-order valence-corrected chi connectivity index (χ4v) is 2.81. The van der Waals surface area contributed by atoms with Crippen LogP contribution in [-0.2, 0) is 11.3 Å². The minimum absolute atomic E-state index is 0.0426. The van der Waals surface area contributed by atoms with Gasteiger partial charge in [0.15, 0.2) is 0 Å². The number of amides is 1. The molecule has 0 unspecified atom stereocenters. The summed E-state index contributed by atoms with van der Waals surface area (Å²) in [7, 11) is 0. The number of thiophene rings is 1. The minimum Gasteiger partial charge on any atom is -0.347 e. The molecule has 2 rings (SSSR count). The third-order valence-electron chi connectivity index (χ3n) is 2.59. The van der Waals surface area contributed by atoms with Gasteiger partial charge < -0.3 is 10.6 Å². The van der Waals surface area contributed by atoms with Gasteiger partial charge in [-0.25, -0.2) is 0 Å². The lowest BCUT2D eigenvalue weighted by Gasteiger charge is -2.21. The topological polar surface area (TPSA) is 41.1 Å². The normalized spacial score (nSPS) is 14.5. The summed E-state index contributed by atoms with van der Waals surface area (Å²) < 4.78 is 1.07. The molecule has 16 heavy (non-hydrogen) atoms. The highest BCUT2D eigenvalue weighted by atomic mass is 79.9. The quantitative estimate of drug-likeness (QED) is 0.839. The van der Waals surface area contributed by atoms with Crippen molar-refractivity contribution in [1.82, 2.24) is 10.6 Å². The Morgan fingerprint density at radius 1 is 1.62 bits per heavy atom. The molecule has 0 aliphatic carbocycles. The molecular formula is C11H13BrN2OS. The number of hydrogen-bond acceptors (Lipinski definition) is 3. The molecule has 1 amide bonds. The van der Waals surface area contributed by atoms with Crippen molar-refractivity contribution in [2.75, 3.05) is 13.1 Å². The Labute approximate surface area is 107 Å². The molecule has 1 saturated heterocycles. The van der Waals surface area contributed by atoms with E-state index in [0.717, 1.165) is 28.0 Å². The zero-order valence-electron chi connectivity index (χ0n) is 8.97. The van der Waals surface area contributed by atoms with E-state index in [4.69, 9.17) is 0 Å². The first kappa shape index (κ1) is 11.8. The fraction of sp³-hybridized carbons (Fsp3) is 0.364. The summed E-state index contributed by atoms with van der Waals surface area (Å²) in [5, 5.41) is 8.07. The number of rotatable bonds is 3. The van der Waals surface area contributed by atoms with E-state index in [2.05, 4.69) is 26.6 Å². The molecule has 5 heteroatoms. The Morgan fingerprint density at radius 3 is 2.88 bits per heavy atom. The van der Waals surface area contributed by atoms with E-state index >= 15 is 0 Å². The van der Waals surface area contributed by atoms with Crippen molar-refractivity contribution >= 4 is 33.2 Å². The van der Waals surface area contributed by atoms with Crippen LogP contribution in [0.4, 0.5) is 0 Å². The molecule has 2 heterocycles. The predicted octanol–water partition coefficient (Wildman–Crippen LogP) is 2.05. The highest BCUT2D eigenvalue weighted by Crippen LogP contribution is 2.19. The lowest BCUT2D eigenvalue weighted by atomic mass is 10.0.